The van der Waals surface area contributed by atoms with E-state index in [-0.39, 0.29) is 5.56 Å². The first-order valence-corrected chi connectivity index (χ1v) is 7.86. The molecule has 122 valence electrons. The van der Waals surface area contributed by atoms with Gasteiger partial charge < -0.3 is 0 Å². The molecule has 1 aromatic carbocycles. The maximum atomic E-state index is 12.3. The van der Waals surface area contributed by atoms with Crippen molar-refractivity contribution in [1.29, 1.82) is 0 Å². The third-order valence-electron chi connectivity index (χ3n) is 4.40. The summed E-state index contributed by atoms with van der Waals surface area (Å²) < 4.78 is 3.37. The molecule has 0 aliphatic carbocycles. The summed E-state index contributed by atoms with van der Waals surface area (Å²) in [7, 11) is 1.76. The molecule has 7 heteroatoms. The third kappa shape index (κ3) is 2.52. The molecular weight excluding hydrogens is 304 g/mol. The number of aromatic nitrogens is 5. The highest BCUT2D eigenvalue weighted by Gasteiger charge is 2.25. The van der Waals surface area contributed by atoms with Crippen molar-refractivity contribution in [2.24, 2.45) is 7.05 Å². The van der Waals surface area contributed by atoms with Crippen LogP contribution in [0.25, 0.3) is 5.69 Å². The van der Waals surface area contributed by atoms with Crippen LogP contribution in [0.4, 0.5) is 0 Å². The van der Waals surface area contributed by atoms with Gasteiger partial charge >= 0.3 is 0 Å². The van der Waals surface area contributed by atoms with Gasteiger partial charge in [-0.2, -0.15) is 0 Å². The number of rotatable bonds is 3. The van der Waals surface area contributed by atoms with Gasteiger partial charge in [0.05, 0.1) is 28.8 Å². The molecule has 1 aliphatic rings. The Balaban J connectivity index is 1.53. The smallest absolute Gasteiger partial charge is 0.258 e. The largest absolute Gasteiger partial charge is 0.300 e. The van der Waals surface area contributed by atoms with Gasteiger partial charge in [0.25, 0.3) is 5.56 Å². The van der Waals surface area contributed by atoms with E-state index in [1.807, 2.05) is 43.5 Å². The molecule has 0 bridgehead atoms. The van der Waals surface area contributed by atoms with E-state index in [1.165, 1.54) is 0 Å². The lowest BCUT2D eigenvalue weighted by Crippen LogP contribution is -2.25. The fraction of sp³-hybridized carbons (Fsp3) is 0.294. The second-order valence-electron chi connectivity index (χ2n) is 6.08. The van der Waals surface area contributed by atoms with Crippen molar-refractivity contribution in [3.63, 3.8) is 0 Å². The second kappa shape index (κ2) is 5.68. The van der Waals surface area contributed by atoms with Crippen LogP contribution >= 0.6 is 0 Å². The Morgan fingerprint density at radius 1 is 1.17 bits per heavy atom. The van der Waals surface area contributed by atoms with Crippen molar-refractivity contribution >= 4 is 0 Å². The monoisotopic (exact) mass is 322 g/mol. The molecule has 0 saturated carbocycles. The van der Waals surface area contributed by atoms with E-state index >= 15 is 0 Å². The number of nitrogens with zero attached hydrogens (tertiary/aromatic N) is 6. The molecule has 0 unspecified atom stereocenters. The molecule has 0 saturated heterocycles. The van der Waals surface area contributed by atoms with E-state index in [4.69, 9.17) is 0 Å². The molecule has 24 heavy (non-hydrogen) atoms. The molecule has 0 radical (unpaired) electrons. The first-order valence-electron chi connectivity index (χ1n) is 7.86. The van der Waals surface area contributed by atoms with Crippen LogP contribution in [0.15, 0.2) is 41.3 Å². The number of aryl methyl sites for hydroxylation is 1. The number of hydrogen-bond donors (Lipinski definition) is 0. The topological polar surface area (TPSA) is 68.8 Å². The summed E-state index contributed by atoms with van der Waals surface area (Å²) in [5.74, 6) is 0.746. The Morgan fingerprint density at radius 3 is 2.75 bits per heavy atom. The molecular formula is C17H18N6O. The fourth-order valence-electron chi connectivity index (χ4n) is 3.01. The van der Waals surface area contributed by atoms with Gasteiger partial charge in [-0.1, -0.05) is 23.4 Å². The van der Waals surface area contributed by atoms with Crippen LogP contribution in [-0.4, -0.2) is 29.4 Å². The van der Waals surface area contributed by atoms with Crippen molar-refractivity contribution in [2.45, 2.75) is 26.6 Å². The van der Waals surface area contributed by atoms with Crippen LogP contribution in [0, 0.1) is 6.92 Å². The quantitative estimate of drug-likeness (QED) is 0.724. The summed E-state index contributed by atoms with van der Waals surface area (Å²) in [6, 6.07) is 9.88. The molecule has 1 aliphatic heterocycles. The fourth-order valence-corrected chi connectivity index (χ4v) is 3.01. The zero-order valence-electron chi connectivity index (χ0n) is 13.7. The molecule has 0 amide bonds. The Morgan fingerprint density at radius 2 is 1.96 bits per heavy atom. The van der Waals surface area contributed by atoms with Crippen molar-refractivity contribution in [3.8, 4) is 5.69 Å². The van der Waals surface area contributed by atoms with Crippen LogP contribution in [-0.2, 0) is 26.7 Å². The van der Waals surface area contributed by atoms with Gasteiger partial charge in [0.15, 0.2) is 0 Å². The standard InChI is InChI=1S/C17H18N6O/c1-12-18-16-11-22(10-15(16)17(24)21(12)2)8-13-9-23(20-19-13)14-6-4-3-5-7-14/h3-7,9H,8,10-11H2,1-2H3. The Bertz CT molecular complexity index is 943. The van der Waals surface area contributed by atoms with E-state index in [9.17, 15) is 4.79 Å². The third-order valence-corrected chi connectivity index (χ3v) is 4.40. The molecule has 0 spiro atoms. The lowest BCUT2D eigenvalue weighted by molar-refractivity contribution is 0.270. The zero-order chi connectivity index (χ0) is 16.7. The van der Waals surface area contributed by atoms with Gasteiger partial charge in [0, 0.05) is 26.7 Å². The number of benzene rings is 1. The summed E-state index contributed by atoms with van der Waals surface area (Å²) in [5.41, 5.74) is 3.57. The number of fused-ring (bicyclic) bond motifs is 1. The Kier molecular flexibility index (Phi) is 3.50. The minimum atomic E-state index is 0.0490. The summed E-state index contributed by atoms with van der Waals surface area (Å²) in [6.45, 7) is 3.78. The second-order valence-corrected chi connectivity index (χ2v) is 6.08. The van der Waals surface area contributed by atoms with Crippen LogP contribution in [0.1, 0.15) is 22.8 Å². The molecule has 0 atom stereocenters. The molecule has 4 rings (SSSR count). The van der Waals surface area contributed by atoms with Gasteiger partial charge in [-0.3, -0.25) is 14.3 Å². The normalized spacial score (nSPS) is 14.1. The lowest BCUT2D eigenvalue weighted by Gasteiger charge is -2.11. The molecule has 2 aromatic heterocycles. The minimum absolute atomic E-state index is 0.0490. The summed E-state index contributed by atoms with van der Waals surface area (Å²) >= 11 is 0. The molecule has 3 aromatic rings. The first-order chi connectivity index (χ1) is 11.6. The highest BCUT2D eigenvalue weighted by Crippen LogP contribution is 2.20. The molecule has 7 nitrogen and oxygen atoms in total. The van der Waals surface area contributed by atoms with E-state index in [2.05, 4.69) is 20.2 Å². The van der Waals surface area contributed by atoms with Crippen LogP contribution < -0.4 is 5.56 Å². The summed E-state index contributed by atoms with van der Waals surface area (Å²) in [5, 5.41) is 8.43. The van der Waals surface area contributed by atoms with E-state index < -0.39 is 0 Å². The van der Waals surface area contributed by atoms with Gasteiger partial charge in [-0.15, -0.1) is 5.10 Å². The van der Waals surface area contributed by atoms with Crippen LogP contribution in [0.5, 0.6) is 0 Å². The van der Waals surface area contributed by atoms with Gasteiger partial charge in [0.1, 0.15) is 5.82 Å². The average Bonchev–Trinajstić information content (AvgIpc) is 3.21. The Labute approximate surface area is 139 Å². The molecule has 0 fully saturated rings. The van der Waals surface area contributed by atoms with E-state index in [1.54, 1.807) is 16.3 Å². The predicted octanol–water partition coefficient (Wildman–Crippen LogP) is 1.19. The molecule has 3 heterocycles. The minimum Gasteiger partial charge on any atom is -0.300 e. The highest BCUT2D eigenvalue weighted by molar-refractivity contribution is 5.30. The Hall–Kier alpha value is -2.80. The number of hydrogen-bond acceptors (Lipinski definition) is 5. The van der Waals surface area contributed by atoms with Crippen molar-refractivity contribution in [3.05, 3.63) is 69.7 Å². The predicted molar refractivity (Wildman–Crippen MR) is 88.5 cm³/mol. The van der Waals surface area contributed by atoms with Crippen LogP contribution in [0.2, 0.25) is 0 Å². The van der Waals surface area contributed by atoms with Crippen molar-refractivity contribution in [1.82, 2.24) is 29.4 Å². The average molecular weight is 322 g/mol. The maximum absolute atomic E-state index is 12.3. The van der Waals surface area contributed by atoms with E-state index in [0.717, 1.165) is 28.5 Å². The maximum Gasteiger partial charge on any atom is 0.258 e. The SMILES string of the molecule is Cc1nc2c(c(=O)n1C)CN(Cc1cn(-c3ccccc3)nn1)C2. The van der Waals surface area contributed by atoms with E-state index in [0.29, 0.717) is 19.6 Å². The molecule has 0 N–H and O–H groups in total. The van der Waals surface area contributed by atoms with Crippen molar-refractivity contribution < 1.29 is 0 Å². The zero-order valence-corrected chi connectivity index (χ0v) is 13.7. The summed E-state index contributed by atoms with van der Waals surface area (Å²) in [4.78, 5) is 19.0. The highest BCUT2D eigenvalue weighted by atomic mass is 16.1. The van der Waals surface area contributed by atoms with Crippen molar-refractivity contribution in [2.75, 3.05) is 0 Å². The first kappa shape index (κ1) is 14.8. The summed E-state index contributed by atoms with van der Waals surface area (Å²) in [6.07, 6.45) is 1.93. The van der Waals surface area contributed by atoms with Gasteiger partial charge in [-0.05, 0) is 19.1 Å². The van der Waals surface area contributed by atoms with Gasteiger partial charge in [0.2, 0.25) is 0 Å². The lowest BCUT2D eigenvalue weighted by atomic mass is 10.2. The van der Waals surface area contributed by atoms with Crippen LogP contribution in [0.3, 0.4) is 0 Å². The number of para-hydroxylation sites is 1. The van der Waals surface area contributed by atoms with Gasteiger partial charge in [-0.25, -0.2) is 9.67 Å².